The zero-order chi connectivity index (χ0) is 23.8. The van der Waals surface area contributed by atoms with Crippen molar-refractivity contribution in [3.63, 3.8) is 0 Å². The molecule has 1 atom stereocenters. The summed E-state index contributed by atoms with van der Waals surface area (Å²) in [5.41, 5.74) is 0.223. The van der Waals surface area contributed by atoms with Crippen LogP contribution in [-0.2, 0) is 11.3 Å². The van der Waals surface area contributed by atoms with Crippen LogP contribution in [0.25, 0.3) is 0 Å². The Morgan fingerprint density at radius 1 is 1.15 bits per heavy atom. The molecule has 2 N–H and O–H groups in total. The largest absolute Gasteiger partial charge is 0.351 e. The first-order valence-corrected chi connectivity index (χ1v) is 11.4. The summed E-state index contributed by atoms with van der Waals surface area (Å²) in [5, 5.41) is 10.2. The molecule has 2 heterocycles. The zero-order valence-electron chi connectivity index (χ0n) is 19.3. The molecule has 176 valence electrons. The van der Waals surface area contributed by atoms with Gasteiger partial charge in [-0.3, -0.25) is 19.1 Å². The van der Waals surface area contributed by atoms with E-state index in [0.29, 0.717) is 11.3 Å². The summed E-state index contributed by atoms with van der Waals surface area (Å²) in [6.45, 7) is 3.56. The van der Waals surface area contributed by atoms with Crippen molar-refractivity contribution < 1.29 is 18.8 Å². The molecule has 1 saturated carbocycles. The van der Waals surface area contributed by atoms with Gasteiger partial charge in [-0.05, 0) is 50.5 Å². The van der Waals surface area contributed by atoms with Crippen molar-refractivity contribution in [3.8, 4) is 0 Å². The van der Waals surface area contributed by atoms with Gasteiger partial charge in [0.05, 0.1) is 6.54 Å². The number of aryl methyl sites for hydroxylation is 1. The second-order valence-corrected chi connectivity index (χ2v) is 9.29. The molecule has 1 aliphatic heterocycles. The van der Waals surface area contributed by atoms with E-state index in [-0.39, 0.29) is 35.8 Å². The molecule has 0 spiro atoms. The van der Waals surface area contributed by atoms with Crippen LogP contribution in [0.4, 0.5) is 10.1 Å². The molecular formula is C24H30FN5O3. The Balaban J connectivity index is 1.53. The minimum Gasteiger partial charge on any atom is -0.351 e. The van der Waals surface area contributed by atoms with Gasteiger partial charge in [0.15, 0.2) is 5.69 Å². The lowest BCUT2D eigenvalue weighted by Gasteiger charge is -2.41. The smallest absolute Gasteiger partial charge is 0.276 e. The number of nitrogens with one attached hydrogen (secondary N) is 2. The predicted molar refractivity (Wildman–Crippen MR) is 121 cm³/mol. The molecular weight excluding hydrogens is 425 g/mol. The summed E-state index contributed by atoms with van der Waals surface area (Å²) >= 11 is 0. The topological polar surface area (TPSA) is 96.3 Å². The molecule has 2 aliphatic rings. The van der Waals surface area contributed by atoms with Crippen molar-refractivity contribution in [2.24, 2.45) is 0 Å². The Morgan fingerprint density at radius 2 is 1.85 bits per heavy atom. The number of hydrogen-bond donors (Lipinski definition) is 2. The number of carbonyl (C=O) groups excluding carboxylic acids is 3. The van der Waals surface area contributed by atoms with Gasteiger partial charge < -0.3 is 15.5 Å². The average Bonchev–Trinajstić information content (AvgIpc) is 3.02. The van der Waals surface area contributed by atoms with Gasteiger partial charge in [0.1, 0.15) is 17.1 Å². The lowest BCUT2D eigenvalue weighted by Crippen LogP contribution is -2.63. The second-order valence-electron chi connectivity index (χ2n) is 9.29. The first-order chi connectivity index (χ1) is 15.7. The van der Waals surface area contributed by atoms with E-state index >= 15 is 0 Å². The van der Waals surface area contributed by atoms with Crippen molar-refractivity contribution in [1.29, 1.82) is 0 Å². The molecule has 1 aliphatic carbocycles. The van der Waals surface area contributed by atoms with E-state index in [1.54, 1.807) is 20.9 Å². The number of carbonyl (C=O) groups is 3. The van der Waals surface area contributed by atoms with Crippen molar-refractivity contribution >= 4 is 23.4 Å². The molecule has 1 aromatic carbocycles. The minimum atomic E-state index is -1.12. The molecule has 4 rings (SSSR count). The molecule has 0 unspecified atom stereocenters. The maximum Gasteiger partial charge on any atom is 0.276 e. The normalized spacial score (nSPS) is 21.3. The molecule has 3 amide bonds. The van der Waals surface area contributed by atoms with Crippen LogP contribution in [-0.4, -0.2) is 51.0 Å². The number of nitrogens with zero attached hydrogens (tertiary/aromatic N) is 3. The number of fused-ring (bicyclic) bond motifs is 1. The SMILES string of the molecule is Cc1cc(F)ccc1NC(=O)c1cc2n(n1)C[C@@](C)(C(=O)NC1CCCCCC1)N(C)C2=O. The number of halogens is 1. The van der Waals surface area contributed by atoms with E-state index in [9.17, 15) is 18.8 Å². The predicted octanol–water partition coefficient (Wildman–Crippen LogP) is 3.27. The molecule has 0 bridgehead atoms. The fourth-order valence-electron chi connectivity index (χ4n) is 4.56. The molecule has 33 heavy (non-hydrogen) atoms. The molecule has 0 saturated heterocycles. The number of rotatable bonds is 4. The summed E-state index contributed by atoms with van der Waals surface area (Å²) in [4.78, 5) is 40.5. The van der Waals surface area contributed by atoms with Gasteiger partial charge in [-0.15, -0.1) is 0 Å². The van der Waals surface area contributed by atoms with Gasteiger partial charge in [-0.1, -0.05) is 25.7 Å². The highest BCUT2D eigenvalue weighted by atomic mass is 19.1. The Kier molecular flexibility index (Phi) is 6.23. The third-order valence-electron chi connectivity index (χ3n) is 6.85. The van der Waals surface area contributed by atoms with E-state index in [2.05, 4.69) is 15.7 Å². The summed E-state index contributed by atoms with van der Waals surface area (Å²) < 4.78 is 14.8. The van der Waals surface area contributed by atoms with E-state index in [1.807, 2.05) is 0 Å². The zero-order valence-corrected chi connectivity index (χ0v) is 19.3. The van der Waals surface area contributed by atoms with Gasteiger partial charge in [-0.2, -0.15) is 5.10 Å². The molecule has 0 radical (unpaired) electrons. The van der Waals surface area contributed by atoms with Gasteiger partial charge in [0.25, 0.3) is 11.8 Å². The van der Waals surface area contributed by atoms with Crippen LogP contribution < -0.4 is 10.6 Å². The van der Waals surface area contributed by atoms with Gasteiger partial charge in [0, 0.05) is 24.8 Å². The summed E-state index contributed by atoms with van der Waals surface area (Å²) in [6, 6.07) is 5.60. The van der Waals surface area contributed by atoms with Crippen LogP contribution in [0.15, 0.2) is 24.3 Å². The van der Waals surface area contributed by atoms with Crippen molar-refractivity contribution in [3.05, 3.63) is 47.0 Å². The summed E-state index contributed by atoms with van der Waals surface area (Å²) in [7, 11) is 1.60. The Bertz CT molecular complexity index is 1090. The maximum atomic E-state index is 13.3. The van der Waals surface area contributed by atoms with Crippen LogP contribution in [0.2, 0.25) is 0 Å². The van der Waals surface area contributed by atoms with Crippen LogP contribution in [0.1, 0.15) is 72.0 Å². The maximum absolute atomic E-state index is 13.3. The first kappa shape index (κ1) is 22.9. The van der Waals surface area contributed by atoms with Crippen LogP contribution in [0, 0.1) is 12.7 Å². The van der Waals surface area contributed by atoms with Crippen molar-refractivity contribution in [1.82, 2.24) is 20.0 Å². The van der Waals surface area contributed by atoms with Crippen LogP contribution >= 0.6 is 0 Å². The van der Waals surface area contributed by atoms with E-state index < -0.39 is 17.3 Å². The average molecular weight is 456 g/mol. The first-order valence-electron chi connectivity index (χ1n) is 11.4. The number of anilines is 1. The highest BCUT2D eigenvalue weighted by molar-refractivity contribution is 6.06. The Labute approximate surface area is 192 Å². The number of benzene rings is 1. The molecule has 1 fully saturated rings. The lowest BCUT2D eigenvalue weighted by molar-refractivity contribution is -0.133. The fourth-order valence-corrected chi connectivity index (χ4v) is 4.56. The standard InChI is InChI=1S/C24H30FN5O3/c1-15-12-16(25)10-11-18(15)27-21(31)19-13-20-22(32)29(3)24(2,14-30(20)28-19)23(33)26-17-8-6-4-5-7-9-17/h10-13,17H,4-9,14H2,1-3H3,(H,26,33)(H,27,31)/t24-/m0/s1. The fraction of sp³-hybridized carbons (Fsp3) is 0.500. The van der Waals surface area contributed by atoms with E-state index in [4.69, 9.17) is 0 Å². The Hall–Kier alpha value is -3.23. The highest BCUT2D eigenvalue weighted by Gasteiger charge is 2.46. The van der Waals surface area contributed by atoms with Gasteiger partial charge >= 0.3 is 0 Å². The summed E-state index contributed by atoms with van der Waals surface area (Å²) in [6.07, 6.45) is 6.43. The molecule has 8 nitrogen and oxygen atoms in total. The monoisotopic (exact) mass is 455 g/mol. The Morgan fingerprint density at radius 3 is 2.52 bits per heavy atom. The van der Waals surface area contributed by atoms with Gasteiger partial charge in [0.2, 0.25) is 5.91 Å². The molecule has 9 heteroatoms. The van der Waals surface area contributed by atoms with E-state index in [0.717, 1.165) is 25.7 Å². The molecule has 2 aromatic rings. The summed E-state index contributed by atoms with van der Waals surface area (Å²) in [5.74, 6) is -1.48. The quantitative estimate of drug-likeness (QED) is 0.692. The highest BCUT2D eigenvalue weighted by Crippen LogP contribution is 2.27. The number of likely N-dealkylation sites (N-methyl/N-ethyl adjacent to an activating group) is 1. The lowest BCUT2D eigenvalue weighted by atomic mass is 9.95. The number of aromatic nitrogens is 2. The van der Waals surface area contributed by atoms with E-state index in [1.165, 1.54) is 46.7 Å². The van der Waals surface area contributed by atoms with Gasteiger partial charge in [-0.25, -0.2) is 4.39 Å². The number of amides is 3. The second kappa shape index (κ2) is 8.96. The minimum absolute atomic E-state index is 0.0592. The van der Waals surface area contributed by atoms with Crippen LogP contribution in [0.5, 0.6) is 0 Å². The van der Waals surface area contributed by atoms with Crippen molar-refractivity contribution in [2.75, 3.05) is 12.4 Å². The third-order valence-corrected chi connectivity index (χ3v) is 6.85. The number of hydrogen-bond acceptors (Lipinski definition) is 4. The third kappa shape index (κ3) is 4.49. The van der Waals surface area contributed by atoms with Crippen LogP contribution in [0.3, 0.4) is 0 Å². The molecule has 1 aromatic heterocycles. The van der Waals surface area contributed by atoms with Crippen molar-refractivity contribution in [2.45, 2.75) is 70.5 Å².